The number of carbonyl (C=O) groups is 2. The minimum absolute atomic E-state index is 0.126. The third kappa shape index (κ3) is 10.2. The van der Waals surface area contributed by atoms with Gasteiger partial charge in [0.05, 0.1) is 6.61 Å². The summed E-state index contributed by atoms with van der Waals surface area (Å²) in [6, 6.07) is 14.3. The first-order chi connectivity index (χ1) is 19.2. The summed E-state index contributed by atoms with van der Waals surface area (Å²) in [5.41, 5.74) is 3.44. The Balaban J connectivity index is 0.000000587. The molecule has 7 nitrogen and oxygen atoms in total. The van der Waals surface area contributed by atoms with Gasteiger partial charge in [0.15, 0.2) is 0 Å². The van der Waals surface area contributed by atoms with Crippen LogP contribution < -0.4 is 9.64 Å². The number of piperazine rings is 1. The van der Waals surface area contributed by atoms with Gasteiger partial charge in [0.1, 0.15) is 5.75 Å². The molecule has 2 fully saturated rings. The number of likely N-dealkylation sites (tertiary alicyclic amines) is 1. The number of aryl methyl sites for hydroxylation is 1. The fraction of sp³-hybridized carbons (Fsp3) is 0.533. The maximum Gasteiger partial charge on any atom is 0.490 e. The summed E-state index contributed by atoms with van der Waals surface area (Å²) in [5.74, 6) is -1.70. The first-order valence-corrected chi connectivity index (χ1v) is 14.6. The Morgan fingerprint density at radius 1 is 1.02 bits per heavy atom. The normalized spacial score (nSPS) is 17.4. The molecule has 0 unspecified atom stereocenters. The molecule has 0 saturated carbocycles. The zero-order chi connectivity index (χ0) is 30.2. The molecular formula is C30H39BrF3N3O4. The standard InChI is InChI=1S/C28H38BrN3O2.C2HF3O2/c1-22-20-23(29)6-11-26(22)27(33)32-17-15-31(16-18-32)24-7-9-25(10-8-24)34-19-5-14-30-13-4-12-28(2,3)21-30;3-2(4,5)1(6)7/h6-11,20H,4-5,12-19,21H2,1-3H3;(H,6,7). The highest BCUT2D eigenvalue weighted by atomic mass is 79.9. The number of carbonyl (C=O) groups excluding carboxylic acids is 1. The predicted molar refractivity (Wildman–Crippen MR) is 157 cm³/mol. The van der Waals surface area contributed by atoms with Gasteiger partial charge >= 0.3 is 12.1 Å². The average Bonchev–Trinajstić information content (AvgIpc) is 2.91. The van der Waals surface area contributed by atoms with E-state index in [1.807, 2.05) is 30.0 Å². The number of anilines is 1. The Bertz CT molecular complexity index is 1170. The van der Waals surface area contributed by atoms with Gasteiger partial charge in [0, 0.05) is 55.0 Å². The van der Waals surface area contributed by atoms with E-state index in [0.717, 1.165) is 67.1 Å². The highest BCUT2D eigenvalue weighted by Gasteiger charge is 2.38. The van der Waals surface area contributed by atoms with E-state index in [0.29, 0.717) is 5.41 Å². The Kier molecular flexibility index (Phi) is 11.5. The minimum atomic E-state index is -5.08. The topological polar surface area (TPSA) is 73.3 Å². The van der Waals surface area contributed by atoms with Crippen LogP contribution in [0.3, 0.4) is 0 Å². The van der Waals surface area contributed by atoms with Gasteiger partial charge < -0.3 is 24.5 Å². The molecular weight excluding hydrogens is 603 g/mol. The highest BCUT2D eigenvalue weighted by Crippen LogP contribution is 2.28. The molecule has 226 valence electrons. The van der Waals surface area contributed by atoms with Gasteiger partial charge in [-0.2, -0.15) is 13.2 Å². The average molecular weight is 643 g/mol. The zero-order valence-electron chi connectivity index (χ0n) is 23.8. The lowest BCUT2D eigenvalue weighted by atomic mass is 9.84. The Hall–Kier alpha value is -2.79. The molecule has 2 aliphatic heterocycles. The van der Waals surface area contributed by atoms with Gasteiger partial charge in [-0.25, -0.2) is 4.79 Å². The molecule has 0 atom stereocenters. The number of nitrogens with zero attached hydrogens (tertiary/aromatic N) is 3. The van der Waals surface area contributed by atoms with Crippen LogP contribution in [0.15, 0.2) is 46.9 Å². The van der Waals surface area contributed by atoms with E-state index >= 15 is 0 Å². The fourth-order valence-electron chi connectivity index (χ4n) is 5.17. The molecule has 4 rings (SSSR count). The number of alkyl halides is 3. The number of carboxylic acids is 1. The molecule has 2 aliphatic rings. The number of aliphatic carboxylic acids is 1. The van der Waals surface area contributed by atoms with Crippen molar-refractivity contribution in [3.05, 3.63) is 58.1 Å². The number of carboxylic acid groups (broad SMARTS) is 1. The maximum absolute atomic E-state index is 13.0. The van der Waals surface area contributed by atoms with Crippen molar-refractivity contribution in [2.24, 2.45) is 5.41 Å². The van der Waals surface area contributed by atoms with E-state index in [4.69, 9.17) is 14.6 Å². The van der Waals surface area contributed by atoms with E-state index in [-0.39, 0.29) is 5.91 Å². The lowest BCUT2D eigenvalue weighted by Gasteiger charge is -2.38. The Morgan fingerprint density at radius 2 is 1.66 bits per heavy atom. The quantitative estimate of drug-likeness (QED) is 0.361. The highest BCUT2D eigenvalue weighted by molar-refractivity contribution is 9.10. The van der Waals surface area contributed by atoms with Crippen molar-refractivity contribution in [2.45, 2.75) is 46.2 Å². The van der Waals surface area contributed by atoms with Crippen LogP contribution in [0.5, 0.6) is 5.75 Å². The van der Waals surface area contributed by atoms with Crippen molar-refractivity contribution in [1.29, 1.82) is 0 Å². The molecule has 0 aromatic heterocycles. The van der Waals surface area contributed by atoms with Crippen molar-refractivity contribution in [3.8, 4) is 5.75 Å². The summed E-state index contributed by atoms with van der Waals surface area (Å²) in [4.78, 5) is 28.7. The summed E-state index contributed by atoms with van der Waals surface area (Å²) in [6.45, 7) is 14.2. The molecule has 2 aromatic rings. The first kappa shape index (κ1) is 32.7. The van der Waals surface area contributed by atoms with Crippen LogP contribution in [0, 0.1) is 12.3 Å². The number of amides is 1. The third-order valence-corrected chi connectivity index (χ3v) is 7.79. The number of hydrogen-bond donors (Lipinski definition) is 1. The number of rotatable bonds is 7. The van der Waals surface area contributed by atoms with Crippen LogP contribution >= 0.6 is 15.9 Å². The monoisotopic (exact) mass is 641 g/mol. The van der Waals surface area contributed by atoms with E-state index in [1.54, 1.807) is 0 Å². The van der Waals surface area contributed by atoms with Crippen molar-refractivity contribution >= 4 is 33.5 Å². The van der Waals surface area contributed by atoms with Gasteiger partial charge in [0.25, 0.3) is 5.91 Å². The van der Waals surface area contributed by atoms with Gasteiger partial charge in [-0.3, -0.25) is 4.79 Å². The van der Waals surface area contributed by atoms with Crippen molar-refractivity contribution < 1.29 is 32.6 Å². The van der Waals surface area contributed by atoms with Gasteiger partial charge in [-0.05, 0) is 86.2 Å². The SMILES string of the molecule is Cc1cc(Br)ccc1C(=O)N1CCN(c2ccc(OCCCN3CCCC(C)(C)C3)cc2)CC1.O=C(O)C(F)(F)F. The number of piperidine rings is 1. The van der Waals surface area contributed by atoms with Crippen LogP contribution in [-0.2, 0) is 4.79 Å². The Labute approximate surface area is 248 Å². The van der Waals surface area contributed by atoms with E-state index in [2.05, 4.69) is 63.8 Å². The molecule has 0 aliphatic carbocycles. The summed E-state index contributed by atoms with van der Waals surface area (Å²) in [5, 5.41) is 7.12. The molecule has 1 N–H and O–H groups in total. The summed E-state index contributed by atoms with van der Waals surface area (Å²) in [7, 11) is 0. The lowest BCUT2D eigenvalue weighted by Crippen LogP contribution is -2.48. The largest absolute Gasteiger partial charge is 0.494 e. The fourth-order valence-corrected chi connectivity index (χ4v) is 5.65. The number of halogens is 4. The first-order valence-electron chi connectivity index (χ1n) is 13.8. The Morgan fingerprint density at radius 3 is 2.22 bits per heavy atom. The van der Waals surface area contributed by atoms with Crippen molar-refractivity contribution in [3.63, 3.8) is 0 Å². The van der Waals surface area contributed by atoms with E-state index in [9.17, 15) is 18.0 Å². The third-order valence-electron chi connectivity index (χ3n) is 7.30. The van der Waals surface area contributed by atoms with Gasteiger partial charge in [-0.1, -0.05) is 29.8 Å². The second-order valence-corrected chi connectivity index (χ2v) is 12.2. The van der Waals surface area contributed by atoms with Gasteiger partial charge in [0.2, 0.25) is 0 Å². The van der Waals surface area contributed by atoms with Crippen LogP contribution in [-0.4, -0.2) is 85.4 Å². The number of ether oxygens (including phenoxy) is 1. The zero-order valence-corrected chi connectivity index (χ0v) is 25.4. The second-order valence-electron chi connectivity index (χ2n) is 11.3. The van der Waals surface area contributed by atoms with Gasteiger partial charge in [-0.15, -0.1) is 0 Å². The van der Waals surface area contributed by atoms with E-state index < -0.39 is 12.1 Å². The molecule has 0 radical (unpaired) electrons. The molecule has 2 saturated heterocycles. The maximum atomic E-state index is 13.0. The molecule has 41 heavy (non-hydrogen) atoms. The smallest absolute Gasteiger partial charge is 0.490 e. The number of benzene rings is 2. The molecule has 2 aromatic carbocycles. The van der Waals surface area contributed by atoms with E-state index in [1.165, 1.54) is 31.6 Å². The van der Waals surface area contributed by atoms with Crippen molar-refractivity contribution in [1.82, 2.24) is 9.80 Å². The summed E-state index contributed by atoms with van der Waals surface area (Å²) >= 11 is 3.48. The molecule has 2 heterocycles. The van der Waals surface area contributed by atoms with Crippen LogP contribution in [0.4, 0.5) is 18.9 Å². The van der Waals surface area contributed by atoms with Crippen LogP contribution in [0.25, 0.3) is 0 Å². The summed E-state index contributed by atoms with van der Waals surface area (Å²) in [6.07, 6.45) is -1.38. The number of hydrogen-bond acceptors (Lipinski definition) is 5. The molecule has 0 bridgehead atoms. The van der Waals surface area contributed by atoms with Crippen LogP contribution in [0.1, 0.15) is 49.0 Å². The van der Waals surface area contributed by atoms with Crippen molar-refractivity contribution in [2.75, 3.05) is 57.3 Å². The molecule has 0 spiro atoms. The minimum Gasteiger partial charge on any atom is -0.494 e. The second kappa shape index (κ2) is 14.4. The van der Waals surface area contributed by atoms with Crippen LogP contribution in [0.2, 0.25) is 0 Å². The summed E-state index contributed by atoms with van der Waals surface area (Å²) < 4.78 is 38.7. The molecule has 11 heteroatoms. The predicted octanol–water partition coefficient (Wildman–Crippen LogP) is 6.24. The molecule has 1 amide bonds. The lowest BCUT2D eigenvalue weighted by molar-refractivity contribution is -0.192.